The van der Waals surface area contributed by atoms with Crippen LogP contribution in [0.2, 0.25) is 0 Å². The minimum absolute atomic E-state index is 0.0335. The second-order valence-corrected chi connectivity index (χ2v) is 11.5. The van der Waals surface area contributed by atoms with Crippen molar-refractivity contribution in [3.8, 4) is 28.1 Å². The fraction of sp³-hybridized carbons (Fsp3) is 0.114. The van der Waals surface area contributed by atoms with Crippen LogP contribution in [0, 0.1) is 12.7 Å². The lowest BCUT2D eigenvalue weighted by Gasteiger charge is -2.15. The quantitative estimate of drug-likeness (QED) is 0.107. The molecule has 0 fully saturated rings. The number of fused-ring (bicyclic) bond motifs is 1. The first-order chi connectivity index (χ1) is 22.3. The summed E-state index contributed by atoms with van der Waals surface area (Å²) >= 11 is 1.26. The van der Waals surface area contributed by atoms with Gasteiger partial charge in [-0.15, -0.1) is 11.3 Å². The fourth-order valence-corrected chi connectivity index (χ4v) is 5.84. The maximum atomic E-state index is 13.2. The van der Waals surface area contributed by atoms with Crippen molar-refractivity contribution in [1.82, 2.24) is 15.3 Å². The summed E-state index contributed by atoms with van der Waals surface area (Å²) < 4.78 is 18.7. The van der Waals surface area contributed by atoms with E-state index in [1.807, 2.05) is 61.5 Å². The summed E-state index contributed by atoms with van der Waals surface area (Å²) in [5.41, 5.74) is 12.5. The Morgan fingerprint density at radius 2 is 1.80 bits per heavy atom. The van der Waals surface area contributed by atoms with Crippen LogP contribution >= 0.6 is 11.3 Å². The van der Waals surface area contributed by atoms with Crippen molar-refractivity contribution in [3.05, 3.63) is 124 Å². The van der Waals surface area contributed by atoms with Crippen LogP contribution in [0.3, 0.4) is 0 Å². The van der Waals surface area contributed by atoms with Crippen LogP contribution in [0.25, 0.3) is 33.3 Å². The smallest absolute Gasteiger partial charge is 0.284 e. The van der Waals surface area contributed by atoms with Gasteiger partial charge < -0.3 is 25.9 Å². The lowest BCUT2D eigenvalue weighted by molar-refractivity contribution is 0.0774. The molecule has 232 valence electrons. The monoisotopic (exact) mass is 635 g/mol. The number of thiazole rings is 1. The van der Waals surface area contributed by atoms with Gasteiger partial charge in [-0.05, 0) is 71.6 Å². The average Bonchev–Trinajstić information content (AvgIpc) is 3.76. The molecule has 9 nitrogen and oxygen atoms in total. The van der Waals surface area contributed by atoms with Crippen molar-refractivity contribution in [2.45, 2.75) is 19.7 Å². The second-order valence-electron chi connectivity index (χ2n) is 10.6. The first-order valence-corrected chi connectivity index (χ1v) is 15.3. The van der Waals surface area contributed by atoms with Gasteiger partial charge in [-0.3, -0.25) is 14.9 Å². The largest absolute Gasteiger partial charge is 0.489 e. The van der Waals surface area contributed by atoms with Gasteiger partial charge in [0.25, 0.3) is 11.8 Å². The Kier molecular flexibility index (Phi) is 8.88. The number of amides is 2. The topological polar surface area (TPSA) is 142 Å². The highest BCUT2D eigenvalue weighted by atomic mass is 32.1. The van der Waals surface area contributed by atoms with E-state index in [1.165, 1.54) is 35.6 Å². The van der Waals surface area contributed by atoms with E-state index < -0.39 is 12.1 Å². The van der Waals surface area contributed by atoms with E-state index in [0.29, 0.717) is 34.1 Å². The molecule has 0 radical (unpaired) electrons. The minimum Gasteiger partial charge on any atom is -0.489 e. The summed E-state index contributed by atoms with van der Waals surface area (Å²) in [6, 6.07) is 24.5. The maximum Gasteiger partial charge on any atom is 0.284 e. The fourth-order valence-electron chi connectivity index (χ4n) is 5.31. The molecule has 1 atom stereocenters. The number of hydrogen-bond donors (Lipinski definition) is 5. The van der Waals surface area contributed by atoms with Gasteiger partial charge in [-0.1, -0.05) is 42.5 Å². The molecule has 46 heavy (non-hydrogen) atoms. The van der Waals surface area contributed by atoms with Gasteiger partial charge >= 0.3 is 0 Å². The van der Waals surface area contributed by atoms with Crippen molar-refractivity contribution < 1.29 is 23.8 Å². The van der Waals surface area contributed by atoms with Crippen LogP contribution in [0.4, 0.5) is 10.1 Å². The zero-order valence-electron chi connectivity index (χ0n) is 24.7. The number of aliphatic hydroxyl groups excluding tert-OH is 1. The van der Waals surface area contributed by atoms with Crippen LogP contribution < -0.4 is 21.1 Å². The number of nitrogens with one attached hydrogen (secondary N) is 3. The van der Waals surface area contributed by atoms with Gasteiger partial charge in [0.05, 0.1) is 11.1 Å². The van der Waals surface area contributed by atoms with E-state index in [1.54, 1.807) is 17.6 Å². The molecular weight excluding hydrogens is 605 g/mol. The van der Waals surface area contributed by atoms with Gasteiger partial charge in [0.1, 0.15) is 24.4 Å². The molecule has 4 aromatic carbocycles. The van der Waals surface area contributed by atoms with E-state index in [4.69, 9.17) is 10.5 Å². The Labute approximate surface area is 267 Å². The van der Waals surface area contributed by atoms with Crippen LogP contribution in [-0.2, 0) is 6.54 Å². The van der Waals surface area contributed by atoms with Gasteiger partial charge in [-0.2, -0.15) is 0 Å². The lowest BCUT2D eigenvalue weighted by Crippen LogP contribution is -2.34. The Morgan fingerprint density at radius 3 is 2.57 bits per heavy atom. The Balaban J connectivity index is 1.30. The zero-order chi connectivity index (χ0) is 32.2. The summed E-state index contributed by atoms with van der Waals surface area (Å²) in [7, 11) is 0. The average molecular weight is 636 g/mol. The number of H-pyrrole nitrogens is 1. The first kappa shape index (κ1) is 30.7. The van der Waals surface area contributed by atoms with E-state index in [2.05, 4.69) is 20.6 Å². The number of nitrogens with two attached hydrogens (primary N) is 1. The van der Waals surface area contributed by atoms with Crippen LogP contribution in [0.5, 0.6) is 5.75 Å². The summed E-state index contributed by atoms with van der Waals surface area (Å²) in [6.45, 7) is 2.21. The van der Waals surface area contributed by atoms with E-state index >= 15 is 0 Å². The molecule has 6 rings (SSSR count). The predicted octanol–water partition coefficient (Wildman–Crippen LogP) is 6.24. The number of aromatic nitrogens is 2. The number of primary amides is 1. The Bertz CT molecular complexity index is 2030. The van der Waals surface area contributed by atoms with Crippen LogP contribution in [-0.4, -0.2) is 39.7 Å². The SMILES string of the molecule is Cc1c(NC(=O)c2nccs2)cccc1-c1ccc(C(N)=O)c2[nH]c(-c3ccccc3CN[C@H](O)COc3ccc(F)cc3)cc12. The molecule has 0 saturated heterocycles. The second kappa shape index (κ2) is 13.3. The molecule has 0 bridgehead atoms. The van der Waals surface area contributed by atoms with Gasteiger partial charge in [0, 0.05) is 40.5 Å². The molecule has 0 aliphatic rings. The highest BCUT2D eigenvalue weighted by Crippen LogP contribution is 2.38. The summed E-state index contributed by atoms with van der Waals surface area (Å²) in [5, 5.41) is 19.4. The molecule has 6 N–H and O–H groups in total. The number of nitrogens with zero attached hydrogens (tertiary/aromatic N) is 1. The number of rotatable bonds is 11. The molecule has 0 aliphatic heterocycles. The van der Waals surface area contributed by atoms with Crippen molar-refractivity contribution in [2.24, 2.45) is 5.73 Å². The van der Waals surface area contributed by atoms with Gasteiger partial charge in [0.15, 0.2) is 5.01 Å². The number of aliphatic hydroxyl groups is 1. The molecular formula is C35H30FN5O4S. The Morgan fingerprint density at radius 1 is 1.02 bits per heavy atom. The molecule has 2 aromatic heterocycles. The minimum atomic E-state index is -0.986. The third-order valence-electron chi connectivity index (χ3n) is 7.62. The predicted molar refractivity (Wildman–Crippen MR) is 177 cm³/mol. The number of halogens is 1. The van der Waals surface area contributed by atoms with E-state index in [-0.39, 0.29) is 18.3 Å². The van der Waals surface area contributed by atoms with Crippen molar-refractivity contribution in [1.29, 1.82) is 0 Å². The number of ether oxygens (including phenoxy) is 1. The maximum absolute atomic E-state index is 13.2. The van der Waals surface area contributed by atoms with Crippen molar-refractivity contribution >= 4 is 39.7 Å². The highest BCUT2D eigenvalue weighted by Gasteiger charge is 2.19. The molecule has 6 aromatic rings. The molecule has 0 saturated carbocycles. The van der Waals surface area contributed by atoms with Crippen molar-refractivity contribution in [2.75, 3.05) is 11.9 Å². The van der Waals surface area contributed by atoms with Crippen LogP contribution in [0.1, 0.15) is 31.3 Å². The van der Waals surface area contributed by atoms with Crippen LogP contribution in [0.15, 0.2) is 96.5 Å². The molecule has 2 amide bonds. The Hall–Kier alpha value is -5.36. The van der Waals surface area contributed by atoms with Crippen molar-refractivity contribution in [3.63, 3.8) is 0 Å². The number of hydrogen-bond acceptors (Lipinski definition) is 7. The van der Waals surface area contributed by atoms with E-state index in [9.17, 15) is 19.1 Å². The lowest BCUT2D eigenvalue weighted by atomic mass is 9.94. The molecule has 0 aliphatic carbocycles. The van der Waals surface area contributed by atoms with E-state index in [0.717, 1.165) is 38.9 Å². The highest BCUT2D eigenvalue weighted by molar-refractivity contribution is 7.11. The molecule has 11 heteroatoms. The molecule has 0 spiro atoms. The van der Waals surface area contributed by atoms with Gasteiger partial charge in [0.2, 0.25) is 0 Å². The summed E-state index contributed by atoms with van der Waals surface area (Å²) in [5.74, 6) is -0.769. The number of carbonyl (C=O) groups excluding carboxylic acids is 2. The standard InChI is InChI=1S/C35H30FN5O4S/c1-20-24(7-4-8-29(20)41-34(44)35-38-15-16-46-35)26-13-14-27(33(37)43)32-28(26)17-30(40-32)25-6-3-2-5-21(25)18-39-31(42)19-45-23-11-9-22(36)10-12-23/h2-17,31,39-40,42H,18-19H2,1H3,(H2,37,43)(H,41,44)/t31-/m1/s1. The number of carbonyl (C=O) groups is 2. The summed E-state index contributed by atoms with van der Waals surface area (Å²) in [6.07, 6.45) is 0.602. The normalized spacial score (nSPS) is 11.8. The zero-order valence-corrected chi connectivity index (χ0v) is 25.5. The number of anilines is 1. The third kappa shape index (κ3) is 6.52. The third-order valence-corrected chi connectivity index (χ3v) is 8.39. The molecule has 2 heterocycles. The number of aromatic amines is 1. The molecule has 0 unspecified atom stereocenters. The summed E-state index contributed by atoms with van der Waals surface area (Å²) in [4.78, 5) is 32.7. The number of benzene rings is 4. The van der Waals surface area contributed by atoms with Gasteiger partial charge in [-0.25, -0.2) is 9.37 Å². The first-order valence-electron chi connectivity index (χ1n) is 14.4.